The Hall–Kier alpha value is -1.27. The lowest BCUT2D eigenvalue weighted by atomic mass is 9.77. The van der Waals surface area contributed by atoms with Crippen molar-refractivity contribution in [2.24, 2.45) is 17.8 Å². The van der Waals surface area contributed by atoms with E-state index in [9.17, 15) is 30.3 Å². The van der Waals surface area contributed by atoms with Gasteiger partial charge in [-0.1, -0.05) is 20.4 Å². The first-order valence-corrected chi connectivity index (χ1v) is 18.8. The van der Waals surface area contributed by atoms with Crippen LogP contribution in [0.25, 0.3) is 0 Å². The van der Waals surface area contributed by atoms with E-state index in [2.05, 4.69) is 6.58 Å². The van der Waals surface area contributed by atoms with Crippen molar-refractivity contribution in [1.29, 1.82) is 0 Å². The molecular weight excluding hydrogens is 676 g/mol. The number of aliphatic hydroxyl groups excluding tert-OH is 3. The summed E-state index contributed by atoms with van der Waals surface area (Å²) in [7, 11) is 7.07. The minimum absolute atomic E-state index is 0.117. The Kier molecular flexibility index (Phi) is 15.3. The van der Waals surface area contributed by atoms with Crippen LogP contribution in [0.5, 0.6) is 0 Å². The van der Waals surface area contributed by atoms with Gasteiger partial charge < -0.3 is 63.8 Å². The van der Waals surface area contributed by atoms with Crippen LogP contribution in [0, 0.1) is 17.8 Å². The fourth-order valence-corrected chi connectivity index (χ4v) is 8.49. The molecule has 0 aliphatic carbocycles. The minimum Gasteiger partial charge on any atom is -0.455 e. The molecule has 3 saturated heterocycles. The molecule has 14 nitrogen and oxygen atoms in total. The van der Waals surface area contributed by atoms with E-state index in [4.69, 9.17) is 28.4 Å². The summed E-state index contributed by atoms with van der Waals surface area (Å²) in [5, 5.41) is 58.0. The third kappa shape index (κ3) is 9.93. The Morgan fingerprint density at radius 3 is 2.13 bits per heavy atom. The zero-order valence-electron chi connectivity index (χ0n) is 33.8. The Balaban J connectivity index is 2.18. The van der Waals surface area contributed by atoms with Crippen LogP contribution in [0.3, 0.4) is 0 Å². The van der Waals surface area contributed by atoms with Crippen LogP contribution in [0.15, 0.2) is 12.7 Å². The van der Waals surface area contributed by atoms with Crippen LogP contribution >= 0.6 is 0 Å². The molecule has 0 saturated carbocycles. The van der Waals surface area contributed by atoms with E-state index in [0.29, 0.717) is 13.0 Å². The van der Waals surface area contributed by atoms with Crippen molar-refractivity contribution in [1.82, 2.24) is 9.80 Å². The number of methoxy groups -OCH3 is 1. The monoisotopic (exact) mass is 746 g/mol. The van der Waals surface area contributed by atoms with Crippen LogP contribution in [0.2, 0.25) is 0 Å². The highest BCUT2D eigenvalue weighted by Crippen LogP contribution is 2.40. The van der Waals surface area contributed by atoms with Crippen molar-refractivity contribution in [3.8, 4) is 0 Å². The molecule has 3 rings (SSSR count). The van der Waals surface area contributed by atoms with Gasteiger partial charge in [0.1, 0.15) is 23.9 Å². The molecule has 0 aromatic heterocycles. The average Bonchev–Trinajstić information content (AvgIpc) is 3.05. The molecule has 3 aliphatic heterocycles. The van der Waals surface area contributed by atoms with Gasteiger partial charge in [-0.3, -0.25) is 4.79 Å². The summed E-state index contributed by atoms with van der Waals surface area (Å²) in [4.78, 5) is 18.0. The lowest BCUT2D eigenvalue weighted by molar-refractivity contribution is -0.318. The number of hydrogen-bond donors (Lipinski definition) is 5. The van der Waals surface area contributed by atoms with Crippen molar-refractivity contribution >= 4 is 5.97 Å². The number of aliphatic hydroxyl groups is 5. The van der Waals surface area contributed by atoms with Crippen molar-refractivity contribution in [3.05, 3.63) is 12.7 Å². The molecule has 0 bridgehead atoms. The fraction of sp³-hybridized carbons (Fsp3) is 0.921. The molecule has 0 amide bonds. The van der Waals surface area contributed by atoms with Gasteiger partial charge in [0.25, 0.3) is 0 Å². The molecule has 14 heteroatoms. The number of hydrogen-bond acceptors (Lipinski definition) is 14. The predicted molar refractivity (Wildman–Crippen MR) is 194 cm³/mol. The smallest absolute Gasteiger partial charge is 0.312 e. The Labute approximate surface area is 311 Å². The average molecular weight is 747 g/mol. The van der Waals surface area contributed by atoms with Gasteiger partial charge in [-0.25, -0.2) is 0 Å². The van der Waals surface area contributed by atoms with E-state index in [1.54, 1.807) is 41.5 Å². The van der Waals surface area contributed by atoms with Gasteiger partial charge in [0.15, 0.2) is 18.7 Å². The summed E-state index contributed by atoms with van der Waals surface area (Å²) >= 11 is 0. The van der Waals surface area contributed by atoms with Crippen LogP contribution < -0.4 is 0 Å². The molecule has 0 spiro atoms. The van der Waals surface area contributed by atoms with E-state index in [0.717, 1.165) is 0 Å². The van der Waals surface area contributed by atoms with E-state index in [-0.39, 0.29) is 30.9 Å². The summed E-state index contributed by atoms with van der Waals surface area (Å²) in [6.45, 7) is 19.8. The maximum atomic E-state index is 14.1. The standard InChI is InChI=1S/C38H70N2O12/c1-15-27-38(10,46)31(42)24(6)40(13)19-20(2)17-36(8,45)33(52-35-29(41)26(39(11)12)16-21(3)48-35)22(4)30(23(5)34(44)50-27)51-28-18-37(9,47-14)32(43)25(7)49-28/h15,20-33,35,41-43,45-46H,1,16-19H2,2-14H3/t20-,21-,22+,23-,24-,25+,26+,27-,28+,29-,30+,31-,32+,33-,35+,36-,37-,38-/m1/s1. The fourth-order valence-electron chi connectivity index (χ4n) is 8.49. The van der Waals surface area contributed by atoms with Crippen molar-refractivity contribution < 1.29 is 58.7 Å². The molecular formula is C38H70N2O12. The van der Waals surface area contributed by atoms with E-state index in [1.165, 1.54) is 20.1 Å². The molecule has 18 atom stereocenters. The molecule has 304 valence electrons. The first kappa shape index (κ1) is 45.1. The predicted octanol–water partition coefficient (Wildman–Crippen LogP) is 1.68. The number of carbonyl (C=O) groups is 1. The molecule has 0 aromatic carbocycles. The highest BCUT2D eigenvalue weighted by molar-refractivity contribution is 5.73. The van der Waals surface area contributed by atoms with Crippen molar-refractivity contribution in [3.63, 3.8) is 0 Å². The second-order valence-electron chi connectivity index (χ2n) is 16.9. The summed E-state index contributed by atoms with van der Waals surface area (Å²) in [5.74, 6) is -2.75. The summed E-state index contributed by atoms with van der Waals surface area (Å²) in [6, 6.07) is -0.865. The van der Waals surface area contributed by atoms with E-state index >= 15 is 0 Å². The number of cyclic esters (lactones) is 1. The normalized spacial score (nSPS) is 49.5. The van der Waals surface area contributed by atoms with E-state index < -0.39 is 96.0 Å². The minimum atomic E-state index is -1.92. The largest absolute Gasteiger partial charge is 0.455 e. The molecule has 3 aliphatic rings. The molecule has 3 fully saturated rings. The number of nitrogens with zero attached hydrogens (tertiary/aromatic N) is 2. The highest BCUT2D eigenvalue weighted by Gasteiger charge is 2.52. The second-order valence-corrected chi connectivity index (χ2v) is 16.9. The zero-order chi connectivity index (χ0) is 39.7. The highest BCUT2D eigenvalue weighted by atomic mass is 16.7. The Bertz CT molecular complexity index is 1170. The second kappa shape index (κ2) is 17.7. The third-order valence-corrected chi connectivity index (χ3v) is 12.0. The van der Waals surface area contributed by atoms with E-state index in [1.807, 2.05) is 44.8 Å². The Morgan fingerprint density at radius 2 is 1.58 bits per heavy atom. The van der Waals surface area contributed by atoms with Crippen LogP contribution in [-0.2, 0) is 33.2 Å². The first-order chi connectivity index (χ1) is 23.9. The van der Waals surface area contributed by atoms with Gasteiger partial charge in [-0.05, 0) is 94.4 Å². The number of likely N-dealkylation sites (N-methyl/N-ethyl adjacent to an activating group) is 2. The van der Waals surface area contributed by atoms with Crippen molar-refractivity contribution in [2.75, 3.05) is 34.8 Å². The first-order valence-electron chi connectivity index (χ1n) is 18.8. The number of ether oxygens (including phenoxy) is 6. The lowest BCUT2D eigenvalue weighted by Crippen LogP contribution is -2.60. The molecule has 3 heterocycles. The topological polar surface area (TPSA) is 180 Å². The van der Waals surface area contributed by atoms with Gasteiger partial charge >= 0.3 is 5.97 Å². The summed E-state index contributed by atoms with van der Waals surface area (Å²) < 4.78 is 37.3. The van der Waals surface area contributed by atoms with Crippen molar-refractivity contribution in [2.45, 2.75) is 172 Å². The van der Waals surface area contributed by atoms with Crippen LogP contribution in [0.4, 0.5) is 0 Å². The van der Waals surface area contributed by atoms with Crippen LogP contribution in [0.1, 0.15) is 81.6 Å². The van der Waals surface area contributed by atoms with Gasteiger partial charge in [-0.2, -0.15) is 0 Å². The SMILES string of the molecule is C=C[C@H]1OC(=O)[C@H](C)[C@@H](O[C@H]2C[C@@](C)(OC)[C@@H](O)[C@H](C)O2)[C@H](C)[C@@H](O[C@@H]2O[C@H](C)C[C@H](N(C)C)[C@H]2O)[C@](C)(O)C[C@@H](C)CN(C)[C@H](C)[C@@H](O)[C@]1(C)O. The lowest BCUT2D eigenvalue weighted by Gasteiger charge is -2.48. The van der Waals surface area contributed by atoms with Gasteiger partial charge in [-0.15, -0.1) is 0 Å². The van der Waals surface area contributed by atoms with Gasteiger partial charge in [0.05, 0.1) is 41.5 Å². The van der Waals surface area contributed by atoms with Gasteiger partial charge in [0, 0.05) is 38.1 Å². The molecule has 52 heavy (non-hydrogen) atoms. The maximum absolute atomic E-state index is 14.1. The maximum Gasteiger partial charge on any atom is 0.312 e. The Morgan fingerprint density at radius 1 is 0.962 bits per heavy atom. The number of carbonyl (C=O) groups excluding carboxylic acids is 1. The molecule has 0 radical (unpaired) electrons. The summed E-state index contributed by atoms with van der Waals surface area (Å²) in [6.07, 6.45) is -7.61. The molecule has 0 aromatic rings. The molecule has 0 unspecified atom stereocenters. The molecule has 5 N–H and O–H groups in total. The number of esters is 1. The third-order valence-electron chi connectivity index (χ3n) is 12.0. The van der Waals surface area contributed by atoms with Crippen LogP contribution in [-0.4, -0.2) is 166 Å². The number of rotatable bonds is 7. The zero-order valence-corrected chi connectivity index (χ0v) is 33.8. The quantitative estimate of drug-likeness (QED) is 0.188. The summed E-state index contributed by atoms with van der Waals surface area (Å²) in [5.41, 5.74) is -4.52. The van der Waals surface area contributed by atoms with Gasteiger partial charge in [0.2, 0.25) is 0 Å².